The molecule has 8 heteroatoms. The van der Waals surface area contributed by atoms with E-state index in [0.717, 1.165) is 22.1 Å². The highest BCUT2D eigenvalue weighted by molar-refractivity contribution is 7.92. The third-order valence-electron chi connectivity index (χ3n) is 3.60. The number of aromatic carboxylic acids is 1. The van der Waals surface area contributed by atoms with E-state index in [1.54, 1.807) is 6.07 Å². The fraction of sp³-hybridized carbons (Fsp3) is 0.214. The van der Waals surface area contributed by atoms with E-state index >= 15 is 0 Å². The molecule has 2 N–H and O–H groups in total. The summed E-state index contributed by atoms with van der Waals surface area (Å²) in [5, 5.41) is 8.88. The Labute approximate surface area is 126 Å². The van der Waals surface area contributed by atoms with Gasteiger partial charge in [-0.05, 0) is 36.6 Å². The van der Waals surface area contributed by atoms with Crippen LogP contribution in [0.2, 0.25) is 0 Å². The molecule has 1 aliphatic heterocycles. The topological polar surface area (TPSA) is 90.5 Å². The first kappa shape index (κ1) is 14.6. The molecule has 0 aliphatic carbocycles. The highest BCUT2D eigenvalue weighted by Gasteiger charge is 2.30. The fourth-order valence-electron chi connectivity index (χ4n) is 2.54. The number of nitrogens with zero attached hydrogens (tertiary/aromatic N) is 1. The number of halogens is 1. The van der Waals surface area contributed by atoms with E-state index in [2.05, 4.69) is 4.98 Å². The first-order valence-electron chi connectivity index (χ1n) is 6.62. The third kappa shape index (κ3) is 2.35. The van der Waals surface area contributed by atoms with Crippen LogP contribution >= 0.6 is 0 Å². The van der Waals surface area contributed by atoms with Crippen molar-refractivity contribution in [3.63, 3.8) is 0 Å². The van der Waals surface area contributed by atoms with Crippen LogP contribution in [0.5, 0.6) is 0 Å². The van der Waals surface area contributed by atoms with Crippen LogP contribution in [-0.2, 0) is 16.4 Å². The molecule has 22 heavy (non-hydrogen) atoms. The van der Waals surface area contributed by atoms with Gasteiger partial charge in [-0.15, -0.1) is 0 Å². The molecular formula is C14H13FN2O4S. The van der Waals surface area contributed by atoms with Gasteiger partial charge in [-0.25, -0.2) is 17.6 Å². The van der Waals surface area contributed by atoms with Gasteiger partial charge in [0, 0.05) is 12.7 Å². The van der Waals surface area contributed by atoms with Crippen molar-refractivity contribution in [3.05, 3.63) is 47.5 Å². The average molecular weight is 324 g/mol. The van der Waals surface area contributed by atoms with Gasteiger partial charge in [-0.1, -0.05) is 6.07 Å². The number of sulfonamides is 1. The molecule has 0 bridgehead atoms. The van der Waals surface area contributed by atoms with E-state index in [1.807, 2.05) is 0 Å². The number of hydrogen-bond donors (Lipinski definition) is 2. The second-order valence-electron chi connectivity index (χ2n) is 5.01. The van der Waals surface area contributed by atoms with Crippen LogP contribution in [-0.4, -0.2) is 31.0 Å². The molecule has 0 amide bonds. The summed E-state index contributed by atoms with van der Waals surface area (Å²) in [5.41, 5.74) is 0.851. The third-order valence-corrected chi connectivity index (χ3v) is 5.39. The van der Waals surface area contributed by atoms with Crippen molar-refractivity contribution in [2.75, 3.05) is 10.8 Å². The molecule has 3 rings (SSSR count). The van der Waals surface area contributed by atoms with Crippen LogP contribution in [0.3, 0.4) is 0 Å². The highest BCUT2D eigenvalue weighted by Crippen LogP contribution is 2.32. The lowest BCUT2D eigenvalue weighted by atomic mass is 10.0. The Morgan fingerprint density at radius 1 is 1.32 bits per heavy atom. The van der Waals surface area contributed by atoms with Crippen LogP contribution in [0.25, 0.3) is 0 Å². The predicted octanol–water partition coefficient (Wildman–Crippen LogP) is 1.99. The highest BCUT2D eigenvalue weighted by atomic mass is 32.2. The van der Waals surface area contributed by atoms with Gasteiger partial charge in [0.15, 0.2) is 0 Å². The van der Waals surface area contributed by atoms with E-state index in [1.165, 1.54) is 12.1 Å². The van der Waals surface area contributed by atoms with E-state index < -0.39 is 21.8 Å². The van der Waals surface area contributed by atoms with Gasteiger partial charge in [0.25, 0.3) is 10.0 Å². The summed E-state index contributed by atoms with van der Waals surface area (Å²) in [6.07, 6.45) is 2.43. The summed E-state index contributed by atoms with van der Waals surface area (Å²) in [5.74, 6) is -1.76. The Bertz CT molecular complexity index is 844. The Balaban J connectivity index is 2.07. The lowest BCUT2D eigenvalue weighted by molar-refractivity contribution is 0.0691. The zero-order valence-electron chi connectivity index (χ0n) is 11.4. The van der Waals surface area contributed by atoms with Crippen LogP contribution in [0.4, 0.5) is 10.1 Å². The Kier molecular flexibility index (Phi) is 3.40. The van der Waals surface area contributed by atoms with Crippen LogP contribution in [0, 0.1) is 5.82 Å². The summed E-state index contributed by atoms with van der Waals surface area (Å²) < 4.78 is 40.0. The van der Waals surface area contributed by atoms with Gasteiger partial charge in [-0.2, -0.15) is 0 Å². The summed E-state index contributed by atoms with van der Waals surface area (Å²) in [4.78, 5) is 13.1. The molecule has 1 aromatic carbocycles. The normalized spacial score (nSPS) is 14.7. The first-order chi connectivity index (χ1) is 10.4. The number of aromatic nitrogens is 1. The van der Waals surface area contributed by atoms with Crippen molar-refractivity contribution in [1.82, 2.24) is 4.98 Å². The Morgan fingerprint density at radius 2 is 2.09 bits per heavy atom. The molecule has 2 aromatic rings. The first-order valence-corrected chi connectivity index (χ1v) is 8.06. The Morgan fingerprint density at radius 3 is 2.77 bits per heavy atom. The minimum atomic E-state index is -3.93. The summed E-state index contributed by atoms with van der Waals surface area (Å²) in [7, 11) is -3.93. The van der Waals surface area contributed by atoms with Crippen molar-refractivity contribution in [2.24, 2.45) is 0 Å². The van der Waals surface area contributed by atoms with Gasteiger partial charge in [0.2, 0.25) is 0 Å². The van der Waals surface area contributed by atoms with Gasteiger partial charge in [0.1, 0.15) is 16.4 Å². The number of aromatic amines is 1. The van der Waals surface area contributed by atoms with E-state index in [9.17, 15) is 17.6 Å². The van der Waals surface area contributed by atoms with Crippen LogP contribution in [0.15, 0.2) is 35.4 Å². The van der Waals surface area contributed by atoms with Crippen molar-refractivity contribution in [1.29, 1.82) is 0 Å². The number of nitrogens with one attached hydrogen (secondary N) is 1. The maximum atomic E-state index is 13.5. The molecule has 2 heterocycles. The molecule has 0 fully saturated rings. The molecular weight excluding hydrogens is 311 g/mol. The smallest absolute Gasteiger partial charge is 0.352 e. The van der Waals surface area contributed by atoms with Crippen LogP contribution in [0.1, 0.15) is 22.5 Å². The standard InChI is InChI=1S/C14H13FN2O4S/c15-10-4-3-9-2-1-5-17(13(9)6-10)22(20,21)11-7-12(14(18)19)16-8-11/h3-4,6-8,16H,1-2,5H2,(H,18,19). The van der Waals surface area contributed by atoms with E-state index in [0.29, 0.717) is 18.5 Å². The average Bonchev–Trinajstić information content (AvgIpc) is 2.97. The molecule has 1 aliphatic rings. The number of carboxylic acids is 1. The predicted molar refractivity (Wildman–Crippen MR) is 77.0 cm³/mol. The van der Waals surface area contributed by atoms with Gasteiger partial charge >= 0.3 is 5.97 Å². The number of H-pyrrole nitrogens is 1. The number of hydrogen-bond acceptors (Lipinski definition) is 3. The monoisotopic (exact) mass is 324 g/mol. The van der Waals surface area contributed by atoms with Crippen LogP contribution < -0.4 is 4.31 Å². The quantitative estimate of drug-likeness (QED) is 0.903. The molecule has 0 unspecified atom stereocenters. The van der Waals surface area contributed by atoms with Crippen molar-refractivity contribution in [2.45, 2.75) is 17.7 Å². The minimum absolute atomic E-state index is 0.151. The van der Waals surface area contributed by atoms with Crippen molar-refractivity contribution >= 4 is 21.7 Å². The largest absolute Gasteiger partial charge is 0.477 e. The van der Waals surface area contributed by atoms with Crippen molar-refractivity contribution < 1.29 is 22.7 Å². The Hall–Kier alpha value is -2.35. The van der Waals surface area contributed by atoms with Gasteiger partial charge in [-0.3, -0.25) is 4.31 Å². The molecule has 0 spiro atoms. The maximum Gasteiger partial charge on any atom is 0.352 e. The zero-order chi connectivity index (χ0) is 15.9. The van der Waals surface area contributed by atoms with Crippen molar-refractivity contribution in [3.8, 4) is 0 Å². The molecule has 0 radical (unpaired) electrons. The number of anilines is 1. The van der Waals surface area contributed by atoms with Gasteiger partial charge < -0.3 is 10.1 Å². The van der Waals surface area contributed by atoms with E-state index in [-0.39, 0.29) is 17.1 Å². The SMILES string of the molecule is O=C(O)c1cc(S(=O)(=O)N2CCCc3ccc(F)cc32)c[nH]1. The zero-order valence-corrected chi connectivity index (χ0v) is 12.2. The number of carbonyl (C=O) groups is 1. The molecule has 0 saturated heterocycles. The maximum absolute atomic E-state index is 13.5. The number of fused-ring (bicyclic) bond motifs is 1. The number of carboxylic acid groups (broad SMARTS) is 1. The molecule has 116 valence electrons. The fourth-order valence-corrected chi connectivity index (χ4v) is 4.07. The molecule has 1 aromatic heterocycles. The lowest BCUT2D eigenvalue weighted by Gasteiger charge is -2.30. The lowest BCUT2D eigenvalue weighted by Crippen LogP contribution is -2.35. The second-order valence-corrected chi connectivity index (χ2v) is 6.87. The summed E-state index contributed by atoms with van der Waals surface area (Å²) in [6.45, 7) is 0.229. The minimum Gasteiger partial charge on any atom is -0.477 e. The van der Waals surface area contributed by atoms with E-state index in [4.69, 9.17) is 5.11 Å². The molecule has 0 saturated carbocycles. The summed E-state index contributed by atoms with van der Waals surface area (Å²) in [6, 6.07) is 5.13. The molecule has 6 nitrogen and oxygen atoms in total. The second kappa shape index (κ2) is 5.13. The summed E-state index contributed by atoms with van der Waals surface area (Å²) >= 11 is 0. The number of rotatable bonds is 3. The molecule has 0 atom stereocenters. The number of aryl methyl sites for hydroxylation is 1. The van der Waals surface area contributed by atoms with Gasteiger partial charge in [0.05, 0.1) is 5.69 Å². The number of benzene rings is 1.